The molecule has 3 aromatic rings. The van der Waals surface area contributed by atoms with Crippen LogP contribution in [0.15, 0.2) is 84.6 Å². The summed E-state index contributed by atoms with van der Waals surface area (Å²) in [6.45, 7) is 0. The van der Waals surface area contributed by atoms with Gasteiger partial charge in [0.15, 0.2) is 0 Å². The second kappa shape index (κ2) is 9.93. The Morgan fingerprint density at radius 1 is 0.767 bits per heavy atom. The molecule has 0 unspecified atom stereocenters. The van der Waals surface area contributed by atoms with Crippen molar-refractivity contribution in [2.24, 2.45) is 0 Å². The Kier molecular flexibility index (Phi) is 6.84. The molecule has 0 aliphatic carbocycles. The highest BCUT2D eigenvalue weighted by Crippen LogP contribution is 2.17. The number of carbonyl (C=O) groups excluding carboxylic acids is 2. The van der Waals surface area contributed by atoms with Crippen LogP contribution in [0.25, 0.3) is 6.08 Å². The van der Waals surface area contributed by atoms with E-state index < -0.39 is 5.91 Å². The van der Waals surface area contributed by atoms with Crippen LogP contribution in [-0.4, -0.2) is 26.0 Å². The van der Waals surface area contributed by atoms with Gasteiger partial charge in [0, 0.05) is 11.3 Å². The topological polar surface area (TPSA) is 76.7 Å². The molecule has 3 rings (SSSR count). The highest BCUT2D eigenvalue weighted by Gasteiger charge is 2.15. The Balaban J connectivity index is 1.85. The fourth-order valence-electron chi connectivity index (χ4n) is 2.68. The summed E-state index contributed by atoms with van der Waals surface area (Å²) in [6.07, 6.45) is 1.61. The van der Waals surface area contributed by atoms with E-state index in [0.717, 1.165) is 5.56 Å². The molecule has 3 aromatic carbocycles. The molecule has 0 spiro atoms. The van der Waals surface area contributed by atoms with Crippen LogP contribution in [-0.2, 0) is 4.79 Å². The van der Waals surface area contributed by atoms with Gasteiger partial charge in [0.1, 0.15) is 17.2 Å². The maximum Gasteiger partial charge on any atom is 0.272 e. The summed E-state index contributed by atoms with van der Waals surface area (Å²) in [5.74, 6) is 0.560. The molecule has 0 bridgehead atoms. The van der Waals surface area contributed by atoms with Crippen LogP contribution in [0.2, 0.25) is 0 Å². The zero-order valence-electron chi connectivity index (χ0n) is 16.7. The lowest BCUT2D eigenvalue weighted by atomic mass is 10.1. The van der Waals surface area contributed by atoms with E-state index in [0.29, 0.717) is 22.7 Å². The molecule has 0 atom stereocenters. The molecule has 0 aliphatic heterocycles. The van der Waals surface area contributed by atoms with E-state index in [1.807, 2.05) is 6.07 Å². The number of anilines is 1. The molecule has 0 fully saturated rings. The first-order valence-corrected chi connectivity index (χ1v) is 9.26. The van der Waals surface area contributed by atoms with Crippen molar-refractivity contribution in [3.63, 3.8) is 0 Å². The van der Waals surface area contributed by atoms with Gasteiger partial charge in [-0.1, -0.05) is 30.3 Å². The number of methoxy groups -OCH3 is 2. The van der Waals surface area contributed by atoms with Gasteiger partial charge in [-0.15, -0.1) is 0 Å². The first-order valence-electron chi connectivity index (χ1n) is 9.26. The average molecular weight is 402 g/mol. The second-order valence-corrected chi connectivity index (χ2v) is 6.33. The van der Waals surface area contributed by atoms with Gasteiger partial charge < -0.3 is 20.1 Å². The van der Waals surface area contributed by atoms with Crippen LogP contribution in [0, 0.1) is 0 Å². The molecule has 2 amide bonds. The Hall–Kier alpha value is -4.06. The van der Waals surface area contributed by atoms with Gasteiger partial charge in [0.05, 0.1) is 14.2 Å². The van der Waals surface area contributed by atoms with Crippen LogP contribution in [0.4, 0.5) is 5.69 Å². The molecule has 0 aliphatic rings. The minimum Gasteiger partial charge on any atom is -0.497 e. The number of nitrogens with one attached hydrogen (secondary N) is 2. The number of ether oxygens (including phenoxy) is 2. The van der Waals surface area contributed by atoms with E-state index in [9.17, 15) is 9.59 Å². The van der Waals surface area contributed by atoms with Crippen LogP contribution in [0.5, 0.6) is 11.5 Å². The number of hydrogen-bond donors (Lipinski definition) is 2. The minimum absolute atomic E-state index is 0.116. The number of amides is 2. The Morgan fingerprint density at radius 2 is 1.33 bits per heavy atom. The van der Waals surface area contributed by atoms with Crippen molar-refractivity contribution < 1.29 is 19.1 Å². The van der Waals surface area contributed by atoms with Crippen molar-refractivity contribution in [2.75, 3.05) is 19.5 Å². The SMILES string of the molecule is COc1ccc(/C=C(/NC(=O)c2ccccc2)C(=O)Nc2ccc(OC)cc2)cc1. The molecule has 0 radical (unpaired) electrons. The normalized spacial score (nSPS) is 10.8. The second-order valence-electron chi connectivity index (χ2n) is 6.33. The van der Waals surface area contributed by atoms with Crippen molar-refractivity contribution in [1.82, 2.24) is 5.32 Å². The third-order valence-corrected chi connectivity index (χ3v) is 4.30. The lowest BCUT2D eigenvalue weighted by molar-refractivity contribution is -0.113. The largest absolute Gasteiger partial charge is 0.497 e. The molecule has 152 valence electrons. The molecule has 30 heavy (non-hydrogen) atoms. The van der Waals surface area contributed by atoms with Gasteiger partial charge in [-0.25, -0.2) is 0 Å². The van der Waals surface area contributed by atoms with Crippen molar-refractivity contribution in [3.8, 4) is 11.5 Å². The summed E-state index contributed by atoms with van der Waals surface area (Å²) in [5, 5.41) is 5.50. The first-order chi connectivity index (χ1) is 14.6. The lowest BCUT2D eigenvalue weighted by Crippen LogP contribution is -2.30. The maximum atomic E-state index is 12.9. The molecule has 6 heteroatoms. The van der Waals surface area contributed by atoms with Crippen molar-refractivity contribution in [2.45, 2.75) is 0 Å². The molecule has 0 heterocycles. The van der Waals surface area contributed by atoms with Crippen LogP contribution in [0.3, 0.4) is 0 Å². The van der Waals surface area contributed by atoms with Gasteiger partial charge >= 0.3 is 0 Å². The fourth-order valence-corrected chi connectivity index (χ4v) is 2.68. The smallest absolute Gasteiger partial charge is 0.272 e. The Morgan fingerprint density at radius 3 is 1.90 bits per heavy atom. The molecule has 0 saturated heterocycles. The predicted octanol–water partition coefficient (Wildman–Crippen LogP) is 4.11. The highest BCUT2D eigenvalue weighted by atomic mass is 16.5. The summed E-state index contributed by atoms with van der Waals surface area (Å²) in [6, 6.07) is 22.8. The summed E-state index contributed by atoms with van der Waals surface area (Å²) in [4.78, 5) is 25.5. The maximum absolute atomic E-state index is 12.9. The van der Waals surface area contributed by atoms with Gasteiger partial charge in [-0.3, -0.25) is 9.59 Å². The summed E-state index contributed by atoms with van der Waals surface area (Å²) in [7, 11) is 3.15. The Bertz CT molecular complexity index is 1030. The van der Waals surface area contributed by atoms with Crippen LogP contribution >= 0.6 is 0 Å². The zero-order chi connectivity index (χ0) is 21.3. The van der Waals surface area contributed by atoms with E-state index >= 15 is 0 Å². The lowest BCUT2D eigenvalue weighted by Gasteiger charge is -2.12. The van der Waals surface area contributed by atoms with Gasteiger partial charge in [-0.05, 0) is 60.2 Å². The molecule has 0 aromatic heterocycles. The quantitative estimate of drug-likeness (QED) is 0.583. The van der Waals surface area contributed by atoms with Crippen molar-refractivity contribution in [1.29, 1.82) is 0 Å². The predicted molar refractivity (Wildman–Crippen MR) is 117 cm³/mol. The van der Waals surface area contributed by atoms with Gasteiger partial charge in [0.2, 0.25) is 0 Å². The minimum atomic E-state index is -0.444. The monoisotopic (exact) mass is 402 g/mol. The van der Waals surface area contributed by atoms with Gasteiger partial charge in [-0.2, -0.15) is 0 Å². The van der Waals surface area contributed by atoms with E-state index in [4.69, 9.17) is 9.47 Å². The summed E-state index contributed by atoms with van der Waals surface area (Å²) >= 11 is 0. The van der Waals surface area contributed by atoms with Gasteiger partial charge in [0.25, 0.3) is 11.8 Å². The van der Waals surface area contributed by atoms with Crippen LogP contribution in [0.1, 0.15) is 15.9 Å². The number of rotatable bonds is 7. The summed E-state index contributed by atoms with van der Waals surface area (Å²) in [5.41, 5.74) is 1.89. The van der Waals surface area contributed by atoms with Crippen molar-refractivity contribution >= 4 is 23.6 Å². The number of benzene rings is 3. The fraction of sp³-hybridized carbons (Fsp3) is 0.0833. The standard InChI is InChI=1S/C24H22N2O4/c1-29-20-12-8-17(9-13-20)16-22(26-23(27)18-6-4-3-5-7-18)24(28)25-19-10-14-21(30-2)15-11-19/h3-16H,1-2H3,(H,25,28)(H,26,27)/b22-16+. The third-order valence-electron chi connectivity index (χ3n) is 4.30. The van der Waals surface area contributed by atoms with E-state index in [1.54, 1.807) is 93.1 Å². The van der Waals surface area contributed by atoms with E-state index in [1.165, 1.54) is 0 Å². The molecule has 0 saturated carbocycles. The molecule has 2 N–H and O–H groups in total. The first kappa shape index (κ1) is 20.7. The van der Waals surface area contributed by atoms with Crippen LogP contribution < -0.4 is 20.1 Å². The van der Waals surface area contributed by atoms with E-state index in [2.05, 4.69) is 10.6 Å². The highest BCUT2D eigenvalue weighted by molar-refractivity contribution is 6.10. The average Bonchev–Trinajstić information content (AvgIpc) is 2.80. The molecule has 6 nitrogen and oxygen atoms in total. The molecular formula is C24H22N2O4. The number of carbonyl (C=O) groups is 2. The Labute approximate surface area is 175 Å². The van der Waals surface area contributed by atoms with E-state index in [-0.39, 0.29) is 11.6 Å². The zero-order valence-corrected chi connectivity index (χ0v) is 16.7. The summed E-state index contributed by atoms with van der Waals surface area (Å²) < 4.78 is 10.3. The van der Waals surface area contributed by atoms with Crippen molar-refractivity contribution in [3.05, 3.63) is 95.7 Å². The molecular weight excluding hydrogens is 380 g/mol. The number of hydrogen-bond acceptors (Lipinski definition) is 4. The third kappa shape index (κ3) is 5.48.